The van der Waals surface area contributed by atoms with Crippen LogP contribution < -0.4 is 0 Å². The minimum atomic E-state index is -1.14. The monoisotopic (exact) mass is 98.0 g/mol. The van der Waals surface area contributed by atoms with Crippen molar-refractivity contribution in [1.29, 1.82) is 0 Å². The van der Waals surface area contributed by atoms with Crippen LogP contribution in [0.15, 0.2) is 0 Å². The van der Waals surface area contributed by atoms with E-state index in [0.717, 1.165) is 0 Å². The summed E-state index contributed by atoms with van der Waals surface area (Å²) in [5.74, 6) is 0. The molecule has 0 saturated carbocycles. The normalized spacial score (nSPS) is 15.5. The Hall–Kier alpha value is 0.440. The molecule has 3 heteroatoms. The van der Waals surface area contributed by atoms with Crippen molar-refractivity contribution in [3.8, 4) is 0 Å². The van der Waals surface area contributed by atoms with Crippen LogP contribution in [-0.4, -0.2) is 10.5 Å². The molecular formula is CH3ClOS. The lowest BCUT2D eigenvalue weighted by Gasteiger charge is -1.55. The Balaban J connectivity index is 2.80. The van der Waals surface area contributed by atoms with Crippen LogP contribution in [0.4, 0.5) is 0 Å². The first-order valence-corrected chi connectivity index (χ1v) is 3.11. The molecule has 0 heterocycles. The van der Waals surface area contributed by atoms with Crippen LogP contribution >= 0.6 is 10.7 Å². The van der Waals surface area contributed by atoms with Crippen LogP contribution in [0.5, 0.6) is 0 Å². The highest BCUT2D eigenvalue weighted by Crippen LogP contribution is 1.73. The molecule has 1 atom stereocenters. The molecule has 26 valence electrons. The van der Waals surface area contributed by atoms with E-state index in [9.17, 15) is 4.21 Å². The summed E-state index contributed by atoms with van der Waals surface area (Å²) in [6.45, 7) is 0. The molecule has 0 fully saturated rings. The van der Waals surface area contributed by atoms with Crippen molar-refractivity contribution in [2.24, 2.45) is 0 Å². The van der Waals surface area contributed by atoms with Gasteiger partial charge in [-0.2, -0.15) is 0 Å². The Morgan fingerprint density at radius 2 is 2.00 bits per heavy atom. The number of halogens is 1. The van der Waals surface area contributed by atoms with E-state index in [2.05, 4.69) is 0 Å². The number of hydrogen-bond donors (Lipinski definition) is 0. The van der Waals surface area contributed by atoms with E-state index in [1.807, 2.05) is 0 Å². The van der Waals surface area contributed by atoms with Crippen LogP contribution in [-0.2, 0) is 10.0 Å². The zero-order chi connectivity index (χ0) is 3.58. The number of rotatable bonds is 0. The van der Waals surface area contributed by atoms with E-state index in [1.165, 1.54) is 6.26 Å². The summed E-state index contributed by atoms with van der Waals surface area (Å²) in [6, 6.07) is 0. The van der Waals surface area contributed by atoms with Gasteiger partial charge in [0.05, 0.1) is 0 Å². The summed E-state index contributed by atoms with van der Waals surface area (Å²) >= 11 is 0. The van der Waals surface area contributed by atoms with Crippen molar-refractivity contribution in [3.63, 3.8) is 0 Å². The first-order valence-electron chi connectivity index (χ1n) is 0.729. The molecule has 0 aliphatic rings. The van der Waals surface area contributed by atoms with Gasteiger partial charge < -0.3 is 0 Å². The predicted octanol–water partition coefficient (Wildman–Crippen LogP) is 0.519. The molecule has 0 bridgehead atoms. The Bertz CT molecular complexity index is 31.0. The average Bonchev–Trinajstić information content (AvgIpc) is 0.811. The third-order valence-corrected chi connectivity index (χ3v) is 0. The van der Waals surface area contributed by atoms with Crippen molar-refractivity contribution in [1.82, 2.24) is 0 Å². The minimum Gasteiger partial charge on any atom is -0.243 e. The summed E-state index contributed by atoms with van der Waals surface area (Å²) in [5.41, 5.74) is 0. The second-order valence-electron chi connectivity index (χ2n) is 0.384. The fraction of sp³-hybridized carbons (Fsp3) is 1.00. The van der Waals surface area contributed by atoms with E-state index < -0.39 is 10.0 Å². The first kappa shape index (κ1) is 4.44. The van der Waals surface area contributed by atoms with Gasteiger partial charge in [-0.3, -0.25) is 0 Å². The number of hydrogen-bond acceptors (Lipinski definition) is 1. The zero-order valence-electron chi connectivity index (χ0n) is 2.19. The second kappa shape index (κ2) is 1.73. The molecule has 4 heavy (non-hydrogen) atoms. The van der Waals surface area contributed by atoms with Crippen LogP contribution in [0.1, 0.15) is 0 Å². The highest BCUT2D eigenvalue weighted by atomic mass is 35.7. The summed E-state index contributed by atoms with van der Waals surface area (Å²) in [7, 11) is 3.61. The largest absolute Gasteiger partial charge is 0.243 e. The van der Waals surface area contributed by atoms with E-state index in [1.54, 1.807) is 0 Å². The molecule has 0 aliphatic carbocycles. The Morgan fingerprint density at radius 1 is 2.00 bits per heavy atom. The fourth-order valence-corrected chi connectivity index (χ4v) is 0. The molecule has 0 aliphatic heterocycles. The summed E-state index contributed by atoms with van der Waals surface area (Å²) in [6.07, 6.45) is 1.40. The quantitative estimate of drug-likeness (QED) is 0.404. The van der Waals surface area contributed by atoms with Gasteiger partial charge >= 0.3 is 0 Å². The lowest BCUT2D eigenvalue weighted by atomic mass is 12.0. The van der Waals surface area contributed by atoms with Gasteiger partial charge in [-0.15, -0.1) is 0 Å². The van der Waals surface area contributed by atoms with Gasteiger partial charge in [0.15, 0.2) is 0 Å². The average molecular weight is 98.6 g/mol. The molecule has 0 amide bonds. The van der Waals surface area contributed by atoms with E-state index in [-0.39, 0.29) is 0 Å². The van der Waals surface area contributed by atoms with Crippen LogP contribution in [0, 0.1) is 0 Å². The molecule has 0 radical (unpaired) electrons. The smallest absolute Gasteiger partial charge is 0.111 e. The van der Waals surface area contributed by atoms with E-state index in [0.29, 0.717) is 0 Å². The third kappa shape index (κ3) is 26.1. The van der Waals surface area contributed by atoms with Gasteiger partial charge in [-0.1, -0.05) is 0 Å². The topological polar surface area (TPSA) is 17.1 Å². The molecule has 0 aromatic carbocycles. The van der Waals surface area contributed by atoms with Crippen molar-refractivity contribution < 1.29 is 4.21 Å². The van der Waals surface area contributed by atoms with E-state index in [4.69, 9.17) is 10.7 Å². The standard InChI is InChI=1S/CH3ClOS/c1-4(2)3/h1H3/t4-/m1/s1. The maximum absolute atomic E-state index is 9.32. The lowest BCUT2D eigenvalue weighted by molar-refractivity contribution is 0.694. The van der Waals surface area contributed by atoms with Crippen molar-refractivity contribution in [3.05, 3.63) is 0 Å². The van der Waals surface area contributed by atoms with Crippen molar-refractivity contribution >= 4 is 20.7 Å². The van der Waals surface area contributed by atoms with E-state index >= 15 is 0 Å². The minimum absolute atomic E-state index is 1.14. The Labute approximate surface area is 31.9 Å². The van der Waals surface area contributed by atoms with Gasteiger partial charge in [0.1, 0.15) is 10.0 Å². The van der Waals surface area contributed by atoms with Gasteiger partial charge in [-0.05, 0) is 10.7 Å². The van der Waals surface area contributed by atoms with Crippen LogP contribution in [0.2, 0.25) is 0 Å². The SMILES string of the molecule is C[S@@](=O)Cl. The summed E-state index contributed by atoms with van der Waals surface area (Å²) in [4.78, 5) is 0. The van der Waals surface area contributed by atoms with Gasteiger partial charge in [0.2, 0.25) is 0 Å². The van der Waals surface area contributed by atoms with Crippen molar-refractivity contribution in [2.45, 2.75) is 0 Å². The summed E-state index contributed by atoms with van der Waals surface area (Å²) < 4.78 is 9.32. The van der Waals surface area contributed by atoms with Gasteiger partial charge in [0, 0.05) is 6.26 Å². The van der Waals surface area contributed by atoms with Crippen molar-refractivity contribution in [2.75, 3.05) is 6.26 Å². The molecule has 0 spiro atoms. The first-order chi connectivity index (χ1) is 1.73. The zero-order valence-corrected chi connectivity index (χ0v) is 3.77. The van der Waals surface area contributed by atoms with Crippen LogP contribution in [0.25, 0.3) is 0 Å². The third-order valence-electron chi connectivity index (χ3n) is 0. The highest BCUT2D eigenvalue weighted by molar-refractivity contribution is 8.07. The molecular weight excluding hydrogens is 95.5 g/mol. The second-order valence-corrected chi connectivity index (χ2v) is 2.46. The fourth-order valence-electron chi connectivity index (χ4n) is 0. The molecule has 0 unspecified atom stereocenters. The molecule has 0 aromatic rings. The molecule has 1 nitrogen and oxygen atoms in total. The maximum atomic E-state index is 9.32. The summed E-state index contributed by atoms with van der Waals surface area (Å²) in [5, 5.41) is 0. The Morgan fingerprint density at radius 3 is 2.00 bits per heavy atom. The molecule has 0 aromatic heterocycles. The predicted molar refractivity (Wildman–Crippen MR) is 19.9 cm³/mol. The Kier molecular flexibility index (Phi) is 1.92. The highest BCUT2D eigenvalue weighted by Gasteiger charge is 1.62. The lowest BCUT2D eigenvalue weighted by Crippen LogP contribution is -1.57. The molecule has 0 N–H and O–H groups in total. The molecule has 0 rings (SSSR count). The maximum Gasteiger partial charge on any atom is 0.111 e. The van der Waals surface area contributed by atoms with Gasteiger partial charge in [0.25, 0.3) is 0 Å². The molecule has 0 saturated heterocycles. The van der Waals surface area contributed by atoms with Gasteiger partial charge in [-0.25, -0.2) is 4.21 Å². The van der Waals surface area contributed by atoms with Crippen LogP contribution in [0.3, 0.4) is 0 Å².